The van der Waals surface area contributed by atoms with E-state index in [4.69, 9.17) is 16.7 Å². The van der Waals surface area contributed by atoms with E-state index in [1.807, 2.05) is 0 Å². The van der Waals surface area contributed by atoms with Crippen molar-refractivity contribution < 1.29 is 9.90 Å². The molecule has 0 saturated heterocycles. The van der Waals surface area contributed by atoms with Crippen LogP contribution in [-0.4, -0.2) is 26.2 Å². The molecule has 0 aliphatic heterocycles. The first-order valence-electron chi connectivity index (χ1n) is 5.03. The van der Waals surface area contributed by atoms with Crippen molar-refractivity contribution in [2.75, 3.05) is 5.75 Å². The Morgan fingerprint density at radius 2 is 2.28 bits per heavy atom. The highest BCUT2D eigenvalue weighted by Gasteiger charge is 2.04. The molecule has 2 heterocycles. The van der Waals surface area contributed by atoms with Crippen molar-refractivity contribution in [3.8, 4) is 0 Å². The summed E-state index contributed by atoms with van der Waals surface area (Å²) in [6, 6.07) is 4.69. The van der Waals surface area contributed by atoms with Gasteiger partial charge in [0, 0.05) is 18.0 Å². The van der Waals surface area contributed by atoms with Crippen LogP contribution in [-0.2, 0) is 10.5 Å². The molecule has 94 valence electrons. The number of halogens is 1. The molecule has 2 rings (SSSR count). The van der Waals surface area contributed by atoms with E-state index in [9.17, 15) is 9.59 Å². The van der Waals surface area contributed by atoms with Gasteiger partial charge in [0.05, 0.1) is 16.5 Å². The Bertz CT molecular complexity index is 656. The number of aromatic nitrogens is 2. The number of carboxylic acids is 1. The van der Waals surface area contributed by atoms with Crippen molar-refractivity contribution in [3.63, 3.8) is 0 Å². The molecule has 0 unspecified atom stereocenters. The Labute approximate surface area is 111 Å². The Morgan fingerprint density at radius 1 is 1.50 bits per heavy atom. The first-order chi connectivity index (χ1) is 8.56. The first-order valence-corrected chi connectivity index (χ1v) is 6.57. The summed E-state index contributed by atoms with van der Waals surface area (Å²) in [5.74, 6) is -0.508. The fourth-order valence-corrected chi connectivity index (χ4v) is 2.24. The molecule has 5 nitrogen and oxygen atoms in total. The van der Waals surface area contributed by atoms with Crippen LogP contribution in [0.25, 0.3) is 5.65 Å². The van der Waals surface area contributed by atoms with Gasteiger partial charge in [0.2, 0.25) is 0 Å². The van der Waals surface area contributed by atoms with Crippen molar-refractivity contribution in [2.45, 2.75) is 5.75 Å². The molecule has 0 radical (unpaired) electrons. The molecule has 0 amide bonds. The summed E-state index contributed by atoms with van der Waals surface area (Å²) in [6.07, 6.45) is 1.50. The molecule has 0 atom stereocenters. The maximum atomic E-state index is 11.8. The molecule has 18 heavy (non-hydrogen) atoms. The van der Waals surface area contributed by atoms with Crippen LogP contribution in [0.3, 0.4) is 0 Å². The van der Waals surface area contributed by atoms with Gasteiger partial charge in [-0.1, -0.05) is 11.6 Å². The summed E-state index contributed by atoms with van der Waals surface area (Å²) in [5.41, 5.74) is 0.833. The lowest BCUT2D eigenvalue weighted by Gasteiger charge is -2.03. The van der Waals surface area contributed by atoms with Crippen LogP contribution in [0.15, 0.2) is 29.2 Å². The van der Waals surface area contributed by atoms with Crippen LogP contribution < -0.4 is 5.56 Å². The van der Waals surface area contributed by atoms with Gasteiger partial charge >= 0.3 is 5.97 Å². The molecule has 2 aromatic rings. The highest BCUT2D eigenvalue weighted by molar-refractivity contribution is 7.99. The lowest BCUT2D eigenvalue weighted by Crippen LogP contribution is -2.15. The number of aliphatic carboxylic acids is 1. The minimum atomic E-state index is -0.885. The molecule has 7 heteroatoms. The predicted molar refractivity (Wildman–Crippen MR) is 70.3 cm³/mol. The summed E-state index contributed by atoms with van der Waals surface area (Å²) < 4.78 is 1.35. The van der Waals surface area contributed by atoms with Crippen molar-refractivity contribution >= 4 is 35.0 Å². The van der Waals surface area contributed by atoms with Crippen molar-refractivity contribution in [3.05, 3.63) is 45.5 Å². The monoisotopic (exact) mass is 284 g/mol. The number of nitrogens with zero attached hydrogens (tertiary/aromatic N) is 2. The molecule has 0 aromatic carbocycles. The largest absolute Gasteiger partial charge is 0.481 e. The fourth-order valence-electron chi connectivity index (χ4n) is 1.44. The molecule has 1 N–H and O–H groups in total. The maximum Gasteiger partial charge on any atom is 0.313 e. The second-order valence-corrected chi connectivity index (χ2v) is 4.97. The molecule has 0 saturated carbocycles. The van der Waals surface area contributed by atoms with Crippen LogP contribution in [0, 0.1) is 0 Å². The van der Waals surface area contributed by atoms with Crippen LogP contribution >= 0.6 is 23.4 Å². The number of hydrogen-bond donors (Lipinski definition) is 1. The third kappa shape index (κ3) is 3.02. The summed E-state index contributed by atoms with van der Waals surface area (Å²) in [4.78, 5) is 26.4. The SMILES string of the molecule is O=C(O)CSCc1cc(=O)n2cc(Cl)ccc2n1. The number of carboxylic acid groups (broad SMARTS) is 1. The van der Waals surface area contributed by atoms with E-state index in [0.29, 0.717) is 22.1 Å². The molecule has 0 bridgehead atoms. The van der Waals surface area contributed by atoms with Gasteiger partial charge in [-0.3, -0.25) is 14.0 Å². The third-order valence-electron chi connectivity index (χ3n) is 2.15. The van der Waals surface area contributed by atoms with Crippen LogP contribution in [0.4, 0.5) is 0 Å². The van der Waals surface area contributed by atoms with Crippen LogP contribution in [0.5, 0.6) is 0 Å². The third-order valence-corrected chi connectivity index (χ3v) is 3.33. The highest BCUT2D eigenvalue weighted by atomic mass is 35.5. The fraction of sp³-hybridized carbons (Fsp3) is 0.182. The number of hydrogen-bond acceptors (Lipinski definition) is 4. The average Bonchev–Trinajstić information content (AvgIpc) is 2.30. The number of rotatable bonds is 4. The summed E-state index contributed by atoms with van der Waals surface area (Å²) >= 11 is 6.99. The zero-order chi connectivity index (χ0) is 13.1. The molecule has 2 aromatic heterocycles. The zero-order valence-electron chi connectivity index (χ0n) is 9.17. The lowest BCUT2D eigenvalue weighted by molar-refractivity contribution is -0.133. The lowest BCUT2D eigenvalue weighted by atomic mass is 10.4. The van der Waals surface area contributed by atoms with Gasteiger partial charge in [0.25, 0.3) is 5.56 Å². The van der Waals surface area contributed by atoms with Gasteiger partial charge in [-0.15, -0.1) is 11.8 Å². The van der Waals surface area contributed by atoms with E-state index in [-0.39, 0.29) is 11.3 Å². The van der Waals surface area contributed by atoms with Gasteiger partial charge in [-0.2, -0.15) is 0 Å². The molecule has 0 aliphatic rings. The molecule has 0 aliphatic carbocycles. The Morgan fingerprint density at radius 3 is 3.00 bits per heavy atom. The summed E-state index contributed by atoms with van der Waals surface area (Å²) in [7, 11) is 0. The van der Waals surface area contributed by atoms with E-state index in [0.717, 1.165) is 0 Å². The van der Waals surface area contributed by atoms with E-state index in [1.165, 1.54) is 28.4 Å². The Hall–Kier alpha value is -1.53. The predicted octanol–water partition coefficient (Wildman–Crippen LogP) is 1.67. The minimum Gasteiger partial charge on any atom is -0.481 e. The number of pyridine rings is 1. The van der Waals surface area contributed by atoms with Crippen molar-refractivity contribution in [2.24, 2.45) is 0 Å². The minimum absolute atomic E-state index is 0.0122. The van der Waals surface area contributed by atoms with Crippen molar-refractivity contribution in [1.29, 1.82) is 0 Å². The number of carbonyl (C=O) groups is 1. The van der Waals surface area contributed by atoms with E-state index in [1.54, 1.807) is 12.1 Å². The van der Waals surface area contributed by atoms with Gasteiger partial charge in [0.15, 0.2) is 0 Å². The Kier molecular flexibility index (Phi) is 3.88. The quantitative estimate of drug-likeness (QED) is 0.924. The smallest absolute Gasteiger partial charge is 0.313 e. The number of fused-ring (bicyclic) bond motifs is 1. The molecule has 0 spiro atoms. The van der Waals surface area contributed by atoms with E-state index < -0.39 is 5.97 Å². The topological polar surface area (TPSA) is 71.7 Å². The van der Waals surface area contributed by atoms with Gasteiger partial charge in [-0.25, -0.2) is 4.98 Å². The van der Waals surface area contributed by atoms with E-state index in [2.05, 4.69) is 4.98 Å². The van der Waals surface area contributed by atoms with Gasteiger partial charge < -0.3 is 5.11 Å². The Balaban J connectivity index is 2.29. The van der Waals surface area contributed by atoms with Crippen molar-refractivity contribution in [1.82, 2.24) is 9.38 Å². The normalized spacial score (nSPS) is 10.7. The van der Waals surface area contributed by atoms with Crippen LogP contribution in [0.1, 0.15) is 5.69 Å². The molecule has 0 fully saturated rings. The summed E-state index contributed by atoms with van der Waals surface area (Å²) in [5, 5.41) is 8.98. The second kappa shape index (κ2) is 5.41. The molecular formula is C11H9ClN2O3S. The maximum absolute atomic E-state index is 11.8. The summed E-state index contributed by atoms with van der Waals surface area (Å²) in [6.45, 7) is 0. The van der Waals surface area contributed by atoms with Crippen LogP contribution in [0.2, 0.25) is 5.02 Å². The molecular weight excluding hydrogens is 276 g/mol. The standard InChI is InChI=1S/C11H9ClN2O3S/c12-7-1-2-9-13-8(5-18-6-11(16)17)3-10(15)14(9)4-7/h1-4H,5-6H2,(H,16,17). The second-order valence-electron chi connectivity index (χ2n) is 3.55. The average molecular weight is 285 g/mol. The first kappa shape index (κ1) is 12.9. The van der Waals surface area contributed by atoms with Gasteiger partial charge in [0.1, 0.15) is 5.65 Å². The zero-order valence-corrected chi connectivity index (χ0v) is 10.7. The number of thioether (sulfide) groups is 1. The van der Waals surface area contributed by atoms with Gasteiger partial charge in [-0.05, 0) is 12.1 Å². The van der Waals surface area contributed by atoms with E-state index >= 15 is 0 Å². The highest BCUT2D eigenvalue weighted by Crippen LogP contribution is 2.11.